The minimum absolute atomic E-state index is 0.194. The van der Waals surface area contributed by atoms with E-state index in [9.17, 15) is 4.39 Å². The lowest BCUT2D eigenvalue weighted by molar-refractivity contribution is -0.0267. The minimum atomic E-state index is -0.452. The van der Waals surface area contributed by atoms with Gasteiger partial charge >= 0.3 is 0 Å². The summed E-state index contributed by atoms with van der Waals surface area (Å²) in [5, 5.41) is 3.15. The maximum absolute atomic E-state index is 12.9. The van der Waals surface area contributed by atoms with Crippen LogP contribution >= 0.6 is 0 Å². The van der Waals surface area contributed by atoms with E-state index in [0.29, 0.717) is 0 Å². The standard InChI is InChI=1S/C13H18FNO/c1-9-4-6-10(7-5-9)12-11(8-14)15-13(2,3)16-12/h4-7,11-12,15H,8H2,1-3H3/t11-,12-/m1/s1. The van der Waals surface area contributed by atoms with Gasteiger partial charge in [-0.3, -0.25) is 5.32 Å². The molecule has 1 aliphatic rings. The van der Waals surface area contributed by atoms with Crippen molar-refractivity contribution in [3.8, 4) is 0 Å². The molecule has 1 fully saturated rings. The second-order valence-corrected chi connectivity index (χ2v) is 4.86. The monoisotopic (exact) mass is 223 g/mol. The molecule has 0 aliphatic carbocycles. The SMILES string of the molecule is Cc1ccc([C@H]2OC(C)(C)N[C@@H]2CF)cc1. The molecule has 2 atom stereocenters. The number of nitrogens with one attached hydrogen (secondary N) is 1. The van der Waals surface area contributed by atoms with Crippen molar-refractivity contribution in [3.05, 3.63) is 35.4 Å². The second-order valence-electron chi connectivity index (χ2n) is 4.86. The first-order chi connectivity index (χ1) is 7.52. The van der Waals surface area contributed by atoms with Crippen LogP contribution in [0.5, 0.6) is 0 Å². The largest absolute Gasteiger partial charge is 0.352 e. The predicted molar refractivity (Wildman–Crippen MR) is 62.0 cm³/mol. The molecule has 1 saturated heterocycles. The van der Waals surface area contributed by atoms with E-state index in [1.54, 1.807) is 0 Å². The van der Waals surface area contributed by atoms with E-state index in [4.69, 9.17) is 4.74 Å². The zero-order valence-corrected chi connectivity index (χ0v) is 9.96. The normalized spacial score (nSPS) is 28.2. The summed E-state index contributed by atoms with van der Waals surface area (Å²) >= 11 is 0. The van der Waals surface area contributed by atoms with Gasteiger partial charge in [-0.25, -0.2) is 4.39 Å². The lowest BCUT2D eigenvalue weighted by atomic mass is 10.0. The van der Waals surface area contributed by atoms with Crippen molar-refractivity contribution in [1.29, 1.82) is 0 Å². The molecule has 1 aromatic carbocycles. The third-order valence-corrected chi connectivity index (χ3v) is 2.89. The van der Waals surface area contributed by atoms with Gasteiger partial charge < -0.3 is 4.74 Å². The number of ether oxygens (including phenoxy) is 1. The molecule has 1 aliphatic heterocycles. The zero-order valence-electron chi connectivity index (χ0n) is 9.96. The fourth-order valence-electron chi connectivity index (χ4n) is 2.13. The van der Waals surface area contributed by atoms with Crippen LogP contribution in [0.3, 0.4) is 0 Å². The smallest absolute Gasteiger partial charge is 0.114 e. The topological polar surface area (TPSA) is 21.3 Å². The Kier molecular flexibility index (Phi) is 3.00. The Morgan fingerprint density at radius 2 is 1.94 bits per heavy atom. The maximum atomic E-state index is 12.9. The summed E-state index contributed by atoms with van der Waals surface area (Å²) in [5.41, 5.74) is 1.78. The van der Waals surface area contributed by atoms with Gasteiger partial charge in [-0.15, -0.1) is 0 Å². The Labute approximate surface area is 95.8 Å². The molecular weight excluding hydrogens is 205 g/mol. The third kappa shape index (κ3) is 2.25. The van der Waals surface area contributed by atoms with Gasteiger partial charge in [-0.1, -0.05) is 29.8 Å². The highest BCUT2D eigenvalue weighted by Crippen LogP contribution is 2.33. The lowest BCUT2D eigenvalue weighted by Gasteiger charge is -2.18. The molecule has 0 saturated carbocycles. The van der Waals surface area contributed by atoms with Crippen LogP contribution in [0, 0.1) is 6.92 Å². The van der Waals surface area contributed by atoms with E-state index >= 15 is 0 Å². The van der Waals surface area contributed by atoms with Crippen molar-refractivity contribution in [3.63, 3.8) is 0 Å². The van der Waals surface area contributed by atoms with Gasteiger partial charge in [0, 0.05) is 0 Å². The molecule has 0 aromatic heterocycles. The summed E-state index contributed by atoms with van der Waals surface area (Å²) in [6.45, 7) is 5.46. The molecule has 0 bridgehead atoms. The van der Waals surface area contributed by atoms with Crippen LogP contribution in [0.15, 0.2) is 24.3 Å². The van der Waals surface area contributed by atoms with Crippen LogP contribution < -0.4 is 5.32 Å². The maximum Gasteiger partial charge on any atom is 0.114 e. The highest BCUT2D eigenvalue weighted by Gasteiger charge is 2.40. The fourth-order valence-corrected chi connectivity index (χ4v) is 2.13. The molecule has 0 unspecified atom stereocenters. The Balaban J connectivity index is 2.23. The van der Waals surface area contributed by atoms with E-state index in [1.165, 1.54) is 5.56 Å². The van der Waals surface area contributed by atoms with Crippen LogP contribution in [0.4, 0.5) is 4.39 Å². The van der Waals surface area contributed by atoms with Gasteiger partial charge in [-0.05, 0) is 26.3 Å². The van der Waals surface area contributed by atoms with Crippen molar-refractivity contribution >= 4 is 0 Å². The molecular formula is C13H18FNO. The molecule has 16 heavy (non-hydrogen) atoms. The molecule has 0 radical (unpaired) electrons. The number of halogens is 1. The number of benzene rings is 1. The third-order valence-electron chi connectivity index (χ3n) is 2.89. The van der Waals surface area contributed by atoms with Crippen molar-refractivity contribution in [2.75, 3.05) is 6.67 Å². The molecule has 0 amide bonds. The highest BCUT2D eigenvalue weighted by atomic mass is 19.1. The van der Waals surface area contributed by atoms with Crippen LogP contribution in [-0.4, -0.2) is 18.4 Å². The van der Waals surface area contributed by atoms with Gasteiger partial charge in [0.1, 0.15) is 18.5 Å². The van der Waals surface area contributed by atoms with Crippen molar-refractivity contribution in [2.24, 2.45) is 0 Å². The van der Waals surface area contributed by atoms with Crippen molar-refractivity contribution in [1.82, 2.24) is 5.32 Å². The molecule has 0 spiro atoms. The predicted octanol–water partition coefficient (Wildman–Crippen LogP) is 2.73. The van der Waals surface area contributed by atoms with E-state index in [1.807, 2.05) is 45.0 Å². The fraction of sp³-hybridized carbons (Fsp3) is 0.538. The average molecular weight is 223 g/mol. The number of hydrogen-bond donors (Lipinski definition) is 1. The average Bonchev–Trinajstić information content (AvgIpc) is 2.55. The molecule has 88 valence electrons. The molecule has 1 N–H and O–H groups in total. The molecule has 2 nitrogen and oxygen atoms in total. The second kappa shape index (κ2) is 4.15. The summed E-state index contributed by atoms with van der Waals surface area (Å²) in [6, 6.07) is 7.81. The summed E-state index contributed by atoms with van der Waals surface area (Å²) in [6.07, 6.45) is -0.194. The number of rotatable bonds is 2. The number of aryl methyl sites for hydroxylation is 1. The van der Waals surface area contributed by atoms with E-state index < -0.39 is 12.4 Å². The van der Waals surface area contributed by atoms with Crippen molar-refractivity contribution < 1.29 is 9.13 Å². The molecule has 3 heteroatoms. The van der Waals surface area contributed by atoms with Crippen LogP contribution in [0.25, 0.3) is 0 Å². The first-order valence-electron chi connectivity index (χ1n) is 5.60. The Bertz CT molecular complexity index is 361. The van der Waals surface area contributed by atoms with Gasteiger partial charge in [-0.2, -0.15) is 0 Å². The summed E-state index contributed by atoms with van der Waals surface area (Å²) in [5.74, 6) is 0. The first kappa shape index (κ1) is 11.6. The van der Waals surface area contributed by atoms with E-state index in [2.05, 4.69) is 5.32 Å². The summed E-state index contributed by atoms with van der Waals surface area (Å²) < 4.78 is 18.7. The van der Waals surface area contributed by atoms with E-state index in [0.717, 1.165) is 5.56 Å². The Morgan fingerprint density at radius 3 is 2.50 bits per heavy atom. The molecule has 1 aromatic rings. The lowest BCUT2D eigenvalue weighted by Crippen LogP contribution is -2.39. The molecule has 1 heterocycles. The van der Waals surface area contributed by atoms with Crippen LogP contribution in [0.2, 0.25) is 0 Å². The zero-order chi connectivity index (χ0) is 11.8. The number of hydrogen-bond acceptors (Lipinski definition) is 2. The first-order valence-corrected chi connectivity index (χ1v) is 5.60. The van der Waals surface area contributed by atoms with E-state index in [-0.39, 0.29) is 12.1 Å². The Hall–Kier alpha value is -0.930. The van der Waals surface area contributed by atoms with Gasteiger partial charge in [0.05, 0.1) is 6.04 Å². The molecule has 2 rings (SSSR count). The van der Waals surface area contributed by atoms with Crippen LogP contribution in [0.1, 0.15) is 31.1 Å². The minimum Gasteiger partial charge on any atom is -0.352 e. The Morgan fingerprint density at radius 1 is 1.31 bits per heavy atom. The quantitative estimate of drug-likeness (QED) is 0.832. The summed E-state index contributed by atoms with van der Waals surface area (Å²) in [4.78, 5) is 0. The van der Waals surface area contributed by atoms with Gasteiger partial charge in [0.25, 0.3) is 0 Å². The summed E-state index contributed by atoms with van der Waals surface area (Å²) in [7, 11) is 0. The van der Waals surface area contributed by atoms with Gasteiger partial charge in [0.2, 0.25) is 0 Å². The highest BCUT2D eigenvalue weighted by molar-refractivity contribution is 5.25. The van der Waals surface area contributed by atoms with Crippen molar-refractivity contribution in [2.45, 2.75) is 38.6 Å². The number of alkyl halides is 1. The van der Waals surface area contributed by atoms with Crippen LogP contribution in [-0.2, 0) is 4.74 Å². The van der Waals surface area contributed by atoms with Gasteiger partial charge in [0.15, 0.2) is 0 Å².